The molecule has 1 saturated heterocycles. The van der Waals surface area contributed by atoms with E-state index < -0.39 is 5.60 Å². The van der Waals surface area contributed by atoms with E-state index in [1.165, 1.54) is 11.1 Å². The zero-order valence-corrected chi connectivity index (χ0v) is 24.3. The van der Waals surface area contributed by atoms with Crippen molar-refractivity contribution in [3.8, 4) is 11.1 Å². The number of rotatable bonds is 12. The normalized spacial score (nSPS) is 19.8. The van der Waals surface area contributed by atoms with Crippen LogP contribution in [-0.2, 0) is 32.9 Å². The van der Waals surface area contributed by atoms with Gasteiger partial charge in [0, 0.05) is 39.0 Å². The molecule has 1 amide bonds. The van der Waals surface area contributed by atoms with Gasteiger partial charge in [0.2, 0.25) is 5.91 Å². The molecule has 3 aromatic carbocycles. The van der Waals surface area contributed by atoms with E-state index in [2.05, 4.69) is 85.1 Å². The molecular formula is C34H44N2O4. The third kappa shape index (κ3) is 7.38. The highest BCUT2D eigenvalue weighted by Crippen LogP contribution is 2.43. The van der Waals surface area contributed by atoms with Gasteiger partial charge in [-0.1, -0.05) is 73.7 Å². The lowest BCUT2D eigenvalue weighted by Crippen LogP contribution is -2.46. The van der Waals surface area contributed by atoms with Crippen molar-refractivity contribution in [2.24, 2.45) is 5.92 Å². The number of hydrogen-bond acceptors (Lipinski definition) is 5. The summed E-state index contributed by atoms with van der Waals surface area (Å²) in [5, 5.41) is 18.5. The van der Waals surface area contributed by atoms with Crippen LogP contribution in [0.15, 0.2) is 66.7 Å². The topological polar surface area (TPSA) is 79.8 Å². The molecule has 3 N–H and O–H groups in total. The van der Waals surface area contributed by atoms with Gasteiger partial charge in [-0.15, -0.1) is 0 Å². The highest BCUT2D eigenvalue weighted by atomic mass is 16.5. The number of aliphatic hydroxyl groups is 1. The van der Waals surface area contributed by atoms with Crippen molar-refractivity contribution in [3.05, 3.63) is 94.5 Å². The third-order valence-corrected chi connectivity index (χ3v) is 7.93. The summed E-state index contributed by atoms with van der Waals surface area (Å²) in [4.78, 5) is 11.3. The molecule has 6 heteroatoms. The van der Waals surface area contributed by atoms with Gasteiger partial charge in [0.25, 0.3) is 0 Å². The molecule has 4 rings (SSSR count). The summed E-state index contributed by atoms with van der Waals surface area (Å²) in [6.45, 7) is 9.78. The molecular weight excluding hydrogens is 500 g/mol. The van der Waals surface area contributed by atoms with E-state index >= 15 is 0 Å². The summed E-state index contributed by atoms with van der Waals surface area (Å²) in [7, 11) is 1.71. The van der Waals surface area contributed by atoms with Gasteiger partial charge in [0.05, 0.1) is 25.4 Å². The van der Waals surface area contributed by atoms with Crippen molar-refractivity contribution >= 4 is 5.91 Å². The van der Waals surface area contributed by atoms with Crippen molar-refractivity contribution in [3.63, 3.8) is 0 Å². The summed E-state index contributed by atoms with van der Waals surface area (Å²) < 4.78 is 11.1. The Kier molecular flexibility index (Phi) is 10.5. The molecule has 3 atom stereocenters. The minimum atomic E-state index is -0.958. The van der Waals surface area contributed by atoms with Crippen LogP contribution < -0.4 is 10.6 Å². The predicted octanol–water partition coefficient (Wildman–Crippen LogP) is 5.10. The van der Waals surface area contributed by atoms with Crippen LogP contribution in [0.2, 0.25) is 0 Å². The van der Waals surface area contributed by atoms with Crippen LogP contribution in [-0.4, -0.2) is 51.0 Å². The van der Waals surface area contributed by atoms with Gasteiger partial charge in [-0.25, -0.2) is 0 Å². The van der Waals surface area contributed by atoms with Crippen LogP contribution in [0.4, 0.5) is 0 Å². The number of methoxy groups -OCH3 is 1. The quantitative estimate of drug-likeness (QED) is 0.296. The van der Waals surface area contributed by atoms with Gasteiger partial charge < -0.3 is 25.2 Å². The Morgan fingerprint density at radius 3 is 2.62 bits per heavy atom. The predicted molar refractivity (Wildman–Crippen MR) is 160 cm³/mol. The Balaban J connectivity index is 1.52. The molecule has 1 fully saturated rings. The molecule has 3 aromatic rings. The Labute approximate surface area is 239 Å². The highest BCUT2D eigenvalue weighted by Gasteiger charge is 2.41. The maximum atomic E-state index is 12.1. The summed E-state index contributed by atoms with van der Waals surface area (Å²) in [6.07, 6.45) is 1.42. The number of piperidine rings is 1. The first-order chi connectivity index (χ1) is 19.3. The number of carbonyl (C=O) groups excluding carboxylic acids is 1. The van der Waals surface area contributed by atoms with Crippen molar-refractivity contribution in [2.45, 2.75) is 51.7 Å². The number of carbonyl (C=O) groups is 1. The number of hydrogen-bond donors (Lipinski definition) is 3. The lowest BCUT2D eigenvalue weighted by molar-refractivity contribution is -0.118. The van der Waals surface area contributed by atoms with Gasteiger partial charge in [-0.2, -0.15) is 0 Å². The maximum absolute atomic E-state index is 12.1. The average molecular weight is 545 g/mol. The monoisotopic (exact) mass is 544 g/mol. The Hall–Kier alpha value is -3.03. The first-order valence-corrected chi connectivity index (χ1v) is 14.3. The molecule has 1 aliphatic rings. The molecule has 0 aromatic heterocycles. The molecule has 0 radical (unpaired) electrons. The number of ether oxygens (including phenoxy) is 2. The van der Waals surface area contributed by atoms with E-state index in [1.54, 1.807) is 14.0 Å². The van der Waals surface area contributed by atoms with Gasteiger partial charge in [0.15, 0.2) is 0 Å². The van der Waals surface area contributed by atoms with Crippen molar-refractivity contribution in [2.75, 3.05) is 40.0 Å². The van der Waals surface area contributed by atoms with Crippen LogP contribution in [0.25, 0.3) is 11.1 Å². The second kappa shape index (κ2) is 14.0. The molecule has 0 saturated carbocycles. The molecule has 1 heterocycles. The van der Waals surface area contributed by atoms with Gasteiger partial charge in [-0.05, 0) is 65.3 Å². The zero-order chi connectivity index (χ0) is 28.5. The fourth-order valence-electron chi connectivity index (χ4n) is 5.81. The van der Waals surface area contributed by atoms with Crippen LogP contribution in [0.1, 0.15) is 54.0 Å². The van der Waals surface area contributed by atoms with Crippen molar-refractivity contribution in [1.82, 2.24) is 10.6 Å². The first kappa shape index (κ1) is 29.9. The molecule has 40 heavy (non-hydrogen) atoms. The van der Waals surface area contributed by atoms with Gasteiger partial charge in [0.1, 0.15) is 0 Å². The lowest BCUT2D eigenvalue weighted by Gasteiger charge is -2.42. The van der Waals surface area contributed by atoms with E-state index in [-0.39, 0.29) is 11.8 Å². The third-order valence-electron chi connectivity index (χ3n) is 7.93. The van der Waals surface area contributed by atoms with E-state index in [0.29, 0.717) is 45.2 Å². The second-order valence-corrected chi connectivity index (χ2v) is 11.2. The molecule has 1 aliphatic heterocycles. The SMILES string of the molecule is COC[C@H](C)COCc1ccc([C@@]2(O)CCNC[C@@H]2c2ccc(-c3ccccc3CCNC(C)=O)cc2C)cc1. The Morgan fingerprint density at radius 2 is 1.90 bits per heavy atom. The number of benzene rings is 3. The van der Waals surface area contributed by atoms with E-state index in [9.17, 15) is 9.90 Å². The van der Waals surface area contributed by atoms with Crippen LogP contribution in [0.5, 0.6) is 0 Å². The number of aryl methyl sites for hydroxylation is 1. The minimum Gasteiger partial charge on any atom is -0.384 e. The molecule has 0 spiro atoms. The van der Waals surface area contributed by atoms with E-state index in [0.717, 1.165) is 40.8 Å². The minimum absolute atomic E-state index is 0.0122. The smallest absolute Gasteiger partial charge is 0.216 e. The Morgan fingerprint density at radius 1 is 1.12 bits per heavy atom. The fourth-order valence-corrected chi connectivity index (χ4v) is 5.81. The molecule has 0 aliphatic carbocycles. The summed E-state index contributed by atoms with van der Waals surface area (Å²) >= 11 is 0. The largest absolute Gasteiger partial charge is 0.384 e. The van der Waals surface area contributed by atoms with Crippen LogP contribution in [0.3, 0.4) is 0 Å². The first-order valence-electron chi connectivity index (χ1n) is 14.3. The lowest BCUT2D eigenvalue weighted by atomic mass is 9.72. The molecule has 0 unspecified atom stereocenters. The maximum Gasteiger partial charge on any atom is 0.216 e. The number of nitrogens with one attached hydrogen (secondary N) is 2. The summed E-state index contributed by atoms with van der Waals surface area (Å²) in [6, 6.07) is 23.2. The fraction of sp³-hybridized carbons (Fsp3) is 0.441. The zero-order valence-electron chi connectivity index (χ0n) is 24.3. The standard InChI is InChI=1S/C34H44N2O4/c1-24(21-39-4)22-40-23-27-9-12-30(13-10-27)34(38)16-18-35-20-33(34)31-14-11-29(19-25(31)2)32-8-6-5-7-28(32)15-17-36-26(3)37/h5-14,19,24,33,35,38H,15-18,20-23H2,1-4H3,(H,36,37)/t24-,33+,34-/m0/s1. The van der Waals surface area contributed by atoms with Gasteiger partial charge >= 0.3 is 0 Å². The van der Waals surface area contributed by atoms with E-state index in [1.807, 2.05) is 6.07 Å². The van der Waals surface area contributed by atoms with Crippen LogP contribution >= 0.6 is 0 Å². The van der Waals surface area contributed by atoms with Gasteiger partial charge in [-0.3, -0.25) is 4.79 Å². The highest BCUT2D eigenvalue weighted by molar-refractivity contribution is 5.73. The van der Waals surface area contributed by atoms with Crippen LogP contribution in [0, 0.1) is 12.8 Å². The molecule has 0 bridgehead atoms. The number of amides is 1. The summed E-state index contributed by atoms with van der Waals surface area (Å²) in [5.41, 5.74) is 6.94. The Bertz CT molecular complexity index is 1260. The summed E-state index contributed by atoms with van der Waals surface area (Å²) in [5.74, 6) is 0.274. The van der Waals surface area contributed by atoms with Crippen molar-refractivity contribution < 1.29 is 19.4 Å². The second-order valence-electron chi connectivity index (χ2n) is 11.2. The molecule has 6 nitrogen and oxygen atoms in total. The van der Waals surface area contributed by atoms with Crippen molar-refractivity contribution in [1.29, 1.82) is 0 Å². The average Bonchev–Trinajstić information content (AvgIpc) is 2.94. The van der Waals surface area contributed by atoms with E-state index in [4.69, 9.17) is 9.47 Å². The molecule has 214 valence electrons.